The molecule has 1 aliphatic heterocycles. The van der Waals surface area contributed by atoms with E-state index in [-0.39, 0.29) is 24.1 Å². The molecule has 35 heavy (non-hydrogen) atoms. The summed E-state index contributed by atoms with van der Waals surface area (Å²) in [6.07, 6.45) is 0. The van der Waals surface area contributed by atoms with E-state index in [0.29, 0.717) is 30.2 Å². The zero-order chi connectivity index (χ0) is 25.2. The van der Waals surface area contributed by atoms with Gasteiger partial charge in [-0.2, -0.15) is 0 Å². The summed E-state index contributed by atoms with van der Waals surface area (Å²) in [5.74, 6) is -0.134. The van der Waals surface area contributed by atoms with Crippen molar-refractivity contribution in [1.29, 1.82) is 0 Å². The molecule has 3 aromatic rings. The van der Waals surface area contributed by atoms with Crippen LogP contribution in [0.25, 0.3) is 11.4 Å². The first-order chi connectivity index (χ1) is 16.7. The predicted molar refractivity (Wildman–Crippen MR) is 134 cm³/mol. The Morgan fingerprint density at radius 1 is 0.943 bits per heavy atom. The molecule has 4 rings (SSSR count). The predicted octanol–water partition coefficient (Wildman–Crippen LogP) is 3.10. The SMILES string of the molecule is CNC(=O)C(NC(=O)c1nc(-c2ccccc2)n2c1CN(C(=O)c1ccccc1)CC2)C(C)(C)C. The minimum atomic E-state index is -0.747. The summed E-state index contributed by atoms with van der Waals surface area (Å²) in [6, 6.07) is 18.0. The Morgan fingerprint density at radius 3 is 2.17 bits per heavy atom. The molecule has 1 atom stereocenters. The second-order valence-electron chi connectivity index (χ2n) is 9.73. The Hall–Kier alpha value is -3.94. The van der Waals surface area contributed by atoms with Crippen LogP contribution in [0.3, 0.4) is 0 Å². The summed E-state index contributed by atoms with van der Waals surface area (Å²) < 4.78 is 2.00. The third kappa shape index (κ3) is 4.96. The number of nitrogens with one attached hydrogen (secondary N) is 2. The summed E-state index contributed by atoms with van der Waals surface area (Å²) >= 11 is 0. The number of carbonyl (C=O) groups is 3. The van der Waals surface area contributed by atoms with Crippen LogP contribution < -0.4 is 10.6 Å². The van der Waals surface area contributed by atoms with Gasteiger partial charge in [-0.3, -0.25) is 14.4 Å². The maximum atomic E-state index is 13.5. The van der Waals surface area contributed by atoms with E-state index < -0.39 is 17.4 Å². The molecule has 0 aliphatic carbocycles. The van der Waals surface area contributed by atoms with Crippen LogP contribution in [0.15, 0.2) is 60.7 Å². The molecular formula is C27H31N5O3. The Morgan fingerprint density at radius 2 is 1.57 bits per heavy atom. The van der Waals surface area contributed by atoms with E-state index in [1.54, 1.807) is 24.1 Å². The fraction of sp³-hybridized carbons (Fsp3) is 0.333. The highest BCUT2D eigenvalue weighted by Crippen LogP contribution is 2.28. The van der Waals surface area contributed by atoms with Gasteiger partial charge in [-0.05, 0) is 17.5 Å². The molecule has 0 fully saturated rings. The van der Waals surface area contributed by atoms with Gasteiger partial charge in [0.1, 0.15) is 11.9 Å². The van der Waals surface area contributed by atoms with Gasteiger partial charge in [0.15, 0.2) is 5.69 Å². The van der Waals surface area contributed by atoms with Crippen molar-refractivity contribution >= 4 is 17.7 Å². The largest absolute Gasteiger partial charge is 0.357 e. The van der Waals surface area contributed by atoms with Crippen molar-refractivity contribution in [2.75, 3.05) is 13.6 Å². The van der Waals surface area contributed by atoms with Gasteiger partial charge in [-0.1, -0.05) is 69.3 Å². The molecule has 0 saturated heterocycles. The summed E-state index contributed by atoms with van der Waals surface area (Å²) in [6.45, 7) is 6.94. The first-order valence-electron chi connectivity index (χ1n) is 11.7. The van der Waals surface area contributed by atoms with Gasteiger partial charge in [0.25, 0.3) is 11.8 Å². The summed E-state index contributed by atoms with van der Waals surface area (Å²) in [5.41, 5.74) is 1.86. The van der Waals surface area contributed by atoms with Gasteiger partial charge >= 0.3 is 0 Å². The lowest BCUT2D eigenvalue weighted by atomic mass is 9.86. The minimum absolute atomic E-state index is 0.0939. The Labute approximate surface area is 205 Å². The van der Waals surface area contributed by atoms with Gasteiger partial charge in [0.2, 0.25) is 5.91 Å². The van der Waals surface area contributed by atoms with Crippen LogP contribution in [0, 0.1) is 5.41 Å². The number of aromatic nitrogens is 2. The molecule has 8 nitrogen and oxygen atoms in total. The van der Waals surface area contributed by atoms with Crippen LogP contribution in [0.5, 0.6) is 0 Å². The molecule has 0 saturated carbocycles. The quantitative estimate of drug-likeness (QED) is 0.595. The normalized spacial score (nSPS) is 14.1. The highest BCUT2D eigenvalue weighted by atomic mass is 16.2. The topological polar surface area (TPSA) is 96.3 Å². The fourth-order valence-electron chi connectivity index (χ4n) is 4.31. The number of nitrogens with zero attached hydrogens (tertiary/aromatic N) is 3. The van der Waals surface area contributed by atoms with Gasteiger partial charge in [0, 0.05) is 31.3 Å². The van der Waals surface area contributed by atoms with Gasteiger partial charge in [-0.15, -0.1) is 0 Å². The highest BCUT2D eigenvalue weighted by Gasteiger charge is 2.35. The van der Waals surface area contributed by atoms with Crippen LogP contribution in [0.1, 0.15) is 47.3 Å². The lowest BCUT2D eigenvalue weighted by Crippen LogP contribution is -2.53. The number of imidazole rings is 1. The molecule has 2 aromatic carbocycles. The van der Waals surface area contributed by atoms with Crippen LogP contribution in [-0.4, -0.2) is 51.8 Å². The molecule has 1 aliphatic rings. The average Bonchev–Trinajstić information content (AvgIpc) is 3.25. The number of likely N-dealkylation sites (N-methyl/N-ethyl adjacent to an activating group) is 1. The van der Waals surface area contributed by atoms with E-state index >= 15 is 0 Å². The maximum Gasteiger partial charge on any atom is 0.272 e. The first-order valence-corrected chi connectivity index (χ1v) is 11.7. The Balaban J connectivity index is 1.72. The number of rotatable bonds is 5. The number of hydrogen-bond acceptors (Lipinski definition) is 4. The number of hydrogen-bond donors (Lipinski definition) is 2. The van der Waals surface area contributed by atoms with Crippen molar-refractivity contribution < 1.29 is 14.4 Å². The van der Waals surface area contributed by atoms with E-state index in [1.807, 2.05) is 73.9 Å². The summed E-state index contributed by atoms with van der Waals surface area (Å²) in [5, 5.41) is 5.51. The number of carbonyl (C=O) groups excluding carboxylic acids is 3. The van der Waals surface area contributed by atoms with Crippen molar-refractivity contribution in [2.24, 2.45) is 5.41 Å². The second kappa shape index (κ2) is 9.74. The van der Waals surface area contributed by atoms with Crippen LogP contribution >= 0.6 is 0 Å². The van der Waals surface area contributed by atoms with Crippen LogP contribution in [-0.2, 0) is 17.9 Å². The smallest absolute Gasteiger partial charge is 0.272 e. The van der Waals surface area contributed by atoms with Gasteiger partial charge in [0.05, 0.1) is 12.2 Å². The molecule has 182 valence electrons. The average molecular weight is 474 g/mol. The molecule has 0 spiro atoms. The van der Waals surface area contributed by atoms with E-state index in [4.69, 9.17) is 4.98 Å². The molecule has 8 heteroatoms. The molecule has 1 aromatic heterocycles. The zero-order valence-corrected chi connectivity index (χ0v) is 20.5. The van der Waals surface area contributed by atoms with E-state index in [9.17, 15) is 14.4 Å². The van der Waals surface area contributed by atoms with E-state index in [2.05, 4.69) is 10.6 Å². The standard InChI is InChI=1S/C27H31N5O3/c1-27(2,3)22(25(34)28-4)30-24(33)21-20-17-31(26(35)19-13-9-6-10-14-19)15-16-32(20)23(29-21)18-11-7-5-8-12-18/h5-14,22H,15-17H2,1-4H3,(H,28,34)(H,30,33). The molecule has 0 bridgehead atoms. The third-order valence-corrected chi connectivity index (χ3v) is 6.21. The Kier molecular flexibility index (Phi) is 6.73. The first kappa shape index (κ1) is 24.2. The molecule has 1 unspecified atom stereocenters. The fourth-order valence-corrected chi connectivity index (χ4v) is 4.31. The lowest BCUT2D eigenvalue weighted by molar-refractivity contribution is -0.124. The molecule has 3 amide bonds. The monoisotopic (exact) mass is 473 g/mol. The molecule has 2 N–H and O–H groups in total. The third-order valence-electron chi connectivity index (χ3n) is 6.21. The van der Waals surface area contributed by atoms with Gasteiger partial charge < -0.3 is 20.1 Å². The van der Waals surface area contributed by atoms with Crippen LogP contribution in [0.4, 0.5) is 0 Å². The van der Waals surface area contributed by atoms with E-state index in [0.717, 1.165) is 5.56 Å². The number of benzene rings is 2. The van der Waals surface area contributed by atoms with Crippen molar-refractivity contribution in [3.05, 3.63) is 77.6 Å². The molecule has 0 radical (unpaired) electrons. The second-order valence-corrected chi connectivity index (χ2v) is 9.73. The minimum Gasteiger partial charge on any atom is -0.357 e. The maximum absolute atomic E-state index is 13.5. The lowest BCUT2D eigenvalue weighted by Gasteiger charge is -2.31. The van der Waals surface area contributed by atoms with Crippen molar-refractivity contribution in [1.82, 2.24) is 25.1 Å². The van der Waals surface area contributed by atoms with Crippen molar-refractivity contribution in [2.45, 2.75) is 39.9 Å². The highest BCUT2D eigenvalue weighted by molar-refractivity contribution is 5.98. The van der Waals surface area contributed by atoms with E-state index in [1.165, 1.54) is 0 Å². The van der Waals surface area contributed by atoms with Crippen molar-refractivity contribution in [3.63, 3.8) is 0 Å². The van der Waals surface area contributed by atoms with Crippen LogP contribution in [0.2, 0.25) is 0 Å². The van der Waals surface area contributed by atoms with Gasteiger partial charge in [-0.25, -0.2) is 4.98 Å². The number of fused-ring (bicyclic) bond motifs is 1. The molecular weight excluding hydrogens is 442 g/mol. The zero-order valence-electron chi connectivity index (χ0n) is 20.5. The summed E-state index contributed by atoms with van der Waals surface area (Å²) in [4.78, 5) is 45.7. The van der Waals surface area contributed by atoms with Crippen molar-refractivity contribution in [3.8, 4) is 11.4 Å². The Bertz CT molecular complexity index is 1230. The summed E-state index contributed by atoms with van der Waals surface area (Å²) in [7, 11) is 1.55. The molecule has 2 heterocycles. The number of amides is 3.